The lowest BCUT2D eigenvalue weighted by Crippen LogP contribution is -2.33. The van der Waals surface area contributed by atoms with E-state index in [9.17, 15) is 9.59 Å². The standard InChI is InChI=1S/C22H27N3O4S/c1-28-13-8-9-14(17(11-13)29-2)16-6-4-10-25(16)12-19(26)24-22-20(21(23)27)15-5-3-7-18(15)30-22/h8-9,11,16H,3-7,10,12H2,1-2H3,(H2,23,27)(H,24,26)/t16-/m0/s1. The molecule has 0 bridgehead atoms. The van der Waals surface area contributed by atoms with Gasteiger partial charge in [0.25, 0.3) is 5.91 Å². The zero-order valence-corrected chi connectivity index (χ0v) is 18.1. The molecule has 1 fully saturated rings. The van der Waals surface area contributed by atoms with Crippen molar-refractivity contribution in [1.82, 2.24) is 4.90 Å². The third-order valence-corrected chi connectivity index (χ3v) is 7.14. The highest BCUT2D eigenvalue weighted by molar-refractivity contribution is 7.17. The lowest BCUT2D eigenvalue weighted by Gasteiger charge is -2.25. The number of nitrogens with zero attached hydrogens (tertiary/aromatic N) is 1. The van der Waals surface area contributed by atoms with Gasteiger partial charge in [0.05, 0.1) is 26.3 Å². The third kappa shape index (κ3) is 3.89. The molecule has 0 saturated carbocycles. The van der Waals surface area contributed by atoms with Crippen molar-refractivity contribution in [1.29, 1.82) is 0 Å². The van der Waals surface area contributed by atoms with E-state index in [1.54, 1.807) is 14.2 Å². The van der Waals surface area contributed by atoms with Crippen LogP contribution in [0.2, 0.25) is 0 Å². The molecule has 1 aromatic carbocycles. The van der Waals surface area contributed by atoms with Gasteiger partial charge in [-0.3, -0.25) is 14.5 Å². The Kier molecular flexibility index (Phi) is 5.97. The van der Waals surface area contributed by atoms with Gasteiger partial charge < -0.3 is 20.5 Å². The summed E-state index contributed by atoms with van der Waals surface area (Å²) in [6.45, 7) is 1.08. The molecular weight excluding hydrogens is 402 g/mol. The molecule has 1 saturated heterocycles. The molecule has 2 heterocycles. The number of primary amides is 1. The number of aryl methyl sites for hydroxylation is 1. The number of likely N-dealkylation sites (tertiary alicyclic amines) is 1. The van der Waals surface area contributed by atoms with Crippen molar-refractivity contribution in [3.8, 4) is 11.5 Å². The largest absolute Gasteiger partial charge is 0.497 e. The van der Waals surface area contributed by atoms with Crippen LogP contribution in [0.1, 0.15) is 51.7 Å². The minimum atomic E-state index is -0.466. The number of fused-ring (bicyclic) bond motifs is 1. The first kappa shape index (κ1) is 20.7. The van der Waals surface area contributed by atoms with Crippen LogP contribution in [-0.2, 0) is 17.6 Å². The van der Waals surface area contributed by atoms with Gasteiger partial charge in [0.15, 0.2) is 0 Å². The van der Waals surface area contributed by atoms with Crippen LogP contribution in [0, 0.1) is 0 Å². The molecule has 4 rings (SSSR count). The monoisotopic (exact) mass is 429 g/mol. The summed E-state index contributed by atoms with van der Waals surface area (Å²) < 4.78 is 10.9. The summed E-state index contributed by atoms with van der Waals surface area (Å²) in [5.74, 6) is 0.906. The number of hydrogen-bond donors (Lipinski definition) is 2. The van der Waals surface area contributed by atoms with Crippen molar-refractivity contribution in [2.24, 2.45) is 5.73 Å². The average Bonchev–Trinajstić information content (AvgIpc) is 3.43. The van der Waals surface area contributed by atoms with E-state index in [2.05, 4.69) is 10.2 Å². The third-order valence-electron chi connectivity index (χ3n) is 5.93. The number of ether oxygens (including phenoxy) is 2. The summed E-state index contributed by atoms with van der Waals surface area (Å²) in [5.41, 5.74) is 8.17. The van der Waals surface area contributed by atoms with E-state index < -0.39 is 5.91 Å². The smallest absolute Gasteiger partial charge is 0.251 e. The summed E-state index contributed by atoms with van der Waals surface area (Å²) in [6.07, 6.45) is 4.80. The first-order valence-electron chi connectivity index (χ1n) is 10.2. The molecular formula is C22H27N3O4S. The Morgan fingerprint density at radius 1 is 1.23 bits per heavy atom. The highest BCUT2D eigenvalue weighted by atomic mass is 32.1. The Morgan fingerprint density at radius 2 is 2.07 bits per heavy atom. The molecule has 0 radical (unpaired) electrons. The van der Waals surface area contributed by atoms with Gasteiger partial charge in [-0.25, -0.2) is 0 Å². The summed E-state index contributed by atoms with van der Waals surface area (Å²) in [7, 11) is 3.27. The van der Waals surface area contributed by atoms with E-state index in [4.69, 9.17) is 15.2 Å². The van der Waals surface area contributed by atoms with Gasteiger partial charge in [-0.05, 0) is 50.3 Å². The Labute approximate surface area is 180 Å². The molecule has 2 amide bonds. The number of amides is 2. The van der Waals surface area contributed by atoms with Gasteiger partial charge in [0, 0.05) is 22.5 Å². The molecule has 7 nitrogen and oxygen atoms in total. The SMILES string of the molecule is COc1ccc([C@@H]2CCCN2CC(=O)Nc2sc3c(c2C(N)=O)CCC3)c(OC)c1. The fraction of sp³-hybridized carbons (Fsp3) is 0.455. The number of carbonyl (C=O) groups is 2. The quantitative estimate of drug-likeness (QED) is 0.705. The number of carbonyl (C=O) groups excluding carboxylic acids is 2. The van der Waals surface area contributed by atoms with E-state index in [1.807, 2.05) is 18.2 Å². The molecule has 0 unspecified atom stereocenters. The number of thiophene rings is 1. The van der Waals surface area contributed by atoms with E-state index >= 15 is 0 Å². The topological polar surface area (TPSA) is 93.9 Å². The van der Waals surface area contributed by atoms with Crippen LogP contribution in [0.4, 0.5) is 5.00 Å². The van der Waals surface area contributed by atoms with E-state index in [0.29, 0.717) is 10.6 Å². The van der Waals surface area contributed by atoms with Crippen molar-refractivity contribution >= 4 is 28.2 Å². The maximum Gasteiger partial charge on any atom is 0.251 e. The first-order valence-corrected chi connectivity index (χ1v) is 11.0. The Morgan fingerprint density at radius 3 is 2.80 bits per heavy atom. The normalized spacial score (nSPS) is 18.3. The van der Waals surface area contributed by atoms with E-state index in [-0.39, 0.29) is 18.5 Å². The minimum absolute atomic E-state index is 0.0977. The molecule has 2 aliphatic rings. The Bertz CT molecular complexity index is 972. The lowest BCUT2D eigenvalue weighted by molar-refractivity contribution is -0.117. The summed E-state index contributed by atoms with van der Waals surface area (Å²) in [5, 5.41) is 3.55. The van der Waals surface area contributed by atoms with Crippen molar-refractivity contribution in [2.75, 3.05) is 32.6 Å². The molecule has 1 aliphatic carbocycles. The maximum atomic E-state index is 12.9. The molecule has 160 valence electrons. The number of anilines is 1. The number of nitrogens with one attached hydrogen (secondary N) is 1. The van der Waals surface area contributed by atoms with Gasteiger partial charge in [0.2, 0.25) is 5.91 Å². The zero-order chi connectivity index (χ0) is 21.3. The predicted octanol–water partition coefficient (Wildman–Crippen LogP) is 3.13. The highest BCUT2D eigenvalue weighted by Gasteiger charge is 2.31. The molecule has 1 atom stereocenters. The first-order chi connectivity index (χ1) is 14.5. The van der Waals surface area contributed by atoms with Gasteiger partial charge in [-0.2, -0.15) is 0 Å². The number of nitrogens with two attached hydrogens (primary N) is 1. The number of rotatable bonds is 7. The van der Waals surface area contributed by atoms with Crippen LogP contribution in [0.5, 0.6) is 11.5 Å². The van der Waals surface area contributed by atoms with Crippen molar-refractivity contribution in [2.45, 2.75) is 38.1 Å². The van der Waals surface area contributed by atoms with Gasteiger partial charge in [-0.15, -0.1) is 11.3 Å². The predicted molar refractivity (Wildman–Crippen MR) is 117 cm³/mol. The van der Waals surface area contributed by atoms with Crippen LogP contribution in [-0.4, -0.2) is 44.0 Å². The molecule has 2 aromatic rings. The second kappa shape index (κ2) is 8.65. The van der Waals surface area contributed by atoms with Crippen LogP contribution in [0.15, 0.2) is 18.2 Å². The summed E-state index contributed by atoms with van der Waals surface area (Å²) >= 11 is 1.49. The van der Waals surface area contributed by atoms with Crippen molar-refractivity contribution < 1.29 is 19.1 Å². The molecule has 0 spiro atoms. The van der Waals surface area contributed by atoms with Gasteiger partial charge in [0.1, 0.15) is 16.5 Å². The molecule has 8 heteroatoms. The molecule has 3 N–H and O–H groups in total. The van der Waals surface area contributed by atoms with Crippen molar-refractivity contribution in [3.63, 3.8) is 0 Å². The molecule has 1 aromatic heterocycles. The lowest BCUT2D eigenvalue weighted by atomic mass is 10.0. The number of methoxy groups -OCH3 is 2. The zero-order valence-electron chi connectivity index (χ0n) is 17.3. The fourth-order valence-corrected chi connectivity index (χ4v) is 5.88. The van der Waals surface area contributed by atoms with Gasteiger partial charge >= 0.3 is 0 Å². The molecule has 30 heavy (non-hydrogen) atoms. The number of benzene rings is 1. The summed E-state index contributed by atoms with van der Waals surface area (Å²) in [4.78, 5) is 28.1. The second-order valence-corrected chi connectivity index (χ2v) is 8.82. The van der Waals surface area contributed by atoms with Crippen LogP contribution < -0.4 is 20.5 Å². The van der Waals surface area contributed by atoms with Crippen LogP contribution >= 0.6 is 11.3 Å². The maximum absolute atomic E-state index is 12.9. The highest BCUT2D eigenvalue weighted by Crippen LogP contribution is 2.40. The van der Waals surface area contributed by atoms with Crippen LogP contribution in [0.3, 0.4) is 0 Å². The second-order valence-electron chi connectivity index (χ2n) is 7.71. The average molecular weight is 430 g/mol. The Hall–Kier alpha value is -2.58. The fourth-order valence-electron chi connectivity index (χ4n) is 4.56. The van der Waals surface area contributed by atoms with E-state index in [0.717, 1.165) is 61.3 Å². The van der Waals surface area contributed by atoms with Gasteiger partial charge in [-0.1, -0.05) is 6.07 Å². The molecule has 1 aliphatic heterocycles. The van der Waals surface area contributed by atoms with Crippen LogP contribution in [0.25, 0.3) is 0 Å². The number of hydrogen-bond acceptors (Lipinski definition) is 6. The minimum Gasteiger partial charge on any atom is -0.497 e. The Balaban J connectivity index is 1.49. The van der Waals surface area contributed by atoms with E-state index in [1.165, 1.54) is 16.2 Å². The summed E-state index contributed by atoms with van der Waals surface area (Å²) in [6, 6.07) is 5.90. The van der Waals surface area contributed by atoms with Crippen molar-refractivity contribution in [3.05, 3.63) is 39.8 Å².